The number of anilines is 1. The predicted octanol–water partition coefficient (Wildman–Crippen LogP) is 4.96. The molecule has 0 spiro atoms. The van der Waals surface area contributed by atoms with Gasteiger partial charge in [0.05, 0.1) is 4.92 Å². The van der Waals surface area contributed by atoms with E-state index >= 15 is 0 Å². The van der Waals surface area contributed by atoms with Gasteiger partial charge in [0.1, 0.15) is 0 Å². The Kier molecular flexibility index (Phi) is 5.40. The summed E-state index contributed by atoms with van der Waals surface area (Å²) in [5.41, 5.74) is 2.12. The van der Waals surface area contributed by atoms with E-state index in [0.717, 1.165) is 11.1 Å². The van der Waals surface area contributed by atoms with Crippen molar-refractivity contribution in [2.24, 2.45) is 0 Å². The van der Waals surface area contributed by atoms with E-state index in [-0.39, 0.29) is 5.69 Å². The maximum Gasteiger partial charge on any atom is 0.312 e. The molecule has 126 valence electrons. The molecule has 0 N–H and O–H groups in total. The highest BCUT2D eigenvalue weighted by Crippen LogP contribution is 2.30. The summed E-state index contributed by atoms with van der Waals surface area (Å²) in [6.07, 6.45) is 1.59. The van der Waals surface area contributed by atoms with E-state index in [1.807, 2.05) is 65.6 Å². The van der Waals surface area contributed by atoms with Crippen molar-refractivity contribution >= 4 is 27.4 Å². The smallest absolute Gasteiger partial charge is 0.312 e. The highest BCUT2D eigenvalue weighted by atomic mass is 79.9. The Morgan fingerprint density at radius 1 is 0.960 bits per heavy atom. The van der Waals surface area contributed by atoms with Crippen molar-refractivity contribution in [1.82, 2.24) is 4.98 Å². The summed E-state index contributed by atoms with van der Waals surface area (Å²) >= 11 is 3.26. The number of nitro groups is 1. The third-order valence-electron chi connectivity index (χ3n) is 3.74. The Labute approximate surface area is 154 Å². The molecule has 0 saturated heterocycles. The first-order valence-electron chi connectivity index (χ1n) is 7.76. The van der Waals surface area contributed by atoms with E-state index in [0.29, 0.717) is 23.4 Å². The molecule has 0 unspecified atom stereocenters. The van der Waals surface area contributed by atoms with Crippen LogP contribution >= 0.6 is 15.9 Å². The number of benzene rings is 2. The quantitative estimate of drug-likeness (QED) is 0.435. The molecule has 3 rings (SSSR count). The van der Waals surface area contributed by atoms with Crippen LogP contribution in [-0.2, 0) is 13.1 Å². The third-order valence-corrected chi connectivity index (χ3v) is 4.18. The molecule has 0 aliphatic carbocycles. The zero-order valence-electron chi connectivity index (χ0n) is 13.4. The zero-order chi connectivity index (χ0) is 17.6. The van der Waals surface area contributed by atoms with Crippen LogP contribution in [0.15, 0.2) is 77.4 Å². The second-order valence-corrected chi connectivity index (χ2v) is 6.50. The minimum absolute atomic E-state index is 0.0127. The molecule has 0 atom stereocenters. The molecule has 0 fully saturated rings. The second-order valence-electron chi connectivity index (χ2n) is 5.58. The molecule has 0 aliphatic rings. The molecular weight excluding hydrogens is 382 g/mol. The van der Waals surface area contributed by atoms with Crippen LogP contribution in [0.25, 0.3) is 0 Å². The summed E-state index contributed by atoms with van der Waals surface area (Å²) in [4.78, 5) is 17.4. The monoisotopic (exact) mass is 397 g/mol. The maximum absolute atomic E-state index is 11.5. The van der Waals surface area contributed by atoms with Crippen molar-refractivity contribution in [3.05, 3.63) is 98.6 Å². The van der Waals surface area contributed by atoms with Crippen molar-refractivity contribution in [3.63, 3.8) is 0 Å². The van der Waals surface area contributed by atoms with Crippen LogP contribution in [-0.4, -0.2) is 9.91 Å². The normalized spacial score (nSPS) is 10.4. The lowest BCUT2D eigenvalue weighted by Gasteiger charge is -2.24. The SMILES string of the molecule is O=[N+]([O-])c1cc(Br)cnc1N(Cc1ccccc1)Cc1ccccc1. The van der Waals surface area contributed by atoms with E-state index < -0.39 is 4.92 Å². The Morgan fingerprint density at radius 2 is 1.48 bits per heavy atom. The summed E-state index contributed by atoms with van der Waals surface area (Å²) in [5, 5.41) is 11.5. The number of aromatic nitrogens is 1. The standard InChI is InChI=1S/C19H16BrN3O2/c20-17-11-18(23(24)25)19(21-12-17)22(13-15-7-3-1-4-8-15)14-16-9-5-2-6-10-16/h1-12H,13-14H2. The Hall–Kier alpha value is -2.73. The summed E-state index contributed by atoms with van der Waals surface area (Å²) < 4.78 is 0.585. The van der Waals surface area contributed by atoms with E-state index in [4.69, 9.17) is 0 Å². The maximum atomic E-state index is 11.5. The van der Waals surface area contributed by atoms with Crippen molar-refractivity contribution in [3.8, 4) is 0 Å². The molecule has 1 aromatic heterocycles. The number of pyridine rings is 1. The van der Waals surface area contributed by atoms with E-state index in [1.165, 1.54) is 6.07 Å². The van der Waals surface area contributed by atoms with Crippen LogP contribution in [0.3, 0.4) is 0 Å². The minimum atomic E-state index is -0.393. The number of halogens is 1. The highest BCUT2D eigenvalue weighted by Gasteiger charge is 2.22. The lowest BCUT2D eigenvalue weighted by molar-refractivity contribution is -0.384. The highest BCUT2D eigenvalue weighted by molar-refractivity contribution is 9.10. The number of rotatable bonds is 6. The Balaban J connectivity index is 2.00. The molecule has 0 bridgehead atoms. The van der Waals surface area contributed by atoms with Crippen LogP contribution < -0.4 is 4.90 Å². The van der Waals surface area contributed by atoms with Gasteiger partial charge in [0.2, 0.25) is 5.82 Å². The summed E-state index contributed by atoms with van der Waals surface area (Å²) in [7, 11) is 0. The Bertz CT molecular complexity index is 816. The minimum Gasteiger partial charge on any atom is -0.342 e. The number of hydrogen-bond acceptors (Lipinski definition) is 4. The van der Waals surface area contributed by atoms with Crippen molar-refractivity contribution < 1.29 is 4.92 Å². The first-order chi connectivity index (χ1) is 12.1. The molecule has 5 nitrogen and oxygen atoms in total. The molecule has 0 amide bonds. The fraction of sp³-hybridized carbons (Fsp3) is 0.105. The van der Waals surface area contributed by atoms with Crippen LogP contribution in [0, 0.1) is 10.1 Å². The van der Waals surface area contributed by atoms with E-state index in [9.17, 15) is 10.1 Å². The third kappa shape index (κ3) is 4.42. The van der Waals surface area contributed by atoms with Gasteiger partial charge in [-0.1, -0.05) is 60.7 Å². The van der Waals surface area contributed by atoms with Gasteiger partial charge in [-0.25, -0.2) is 4.98 Å². The number of hydrogen-bond donors (Lipinski definition) is 0. The van der Waals surface area contributed by atoms with Crippen LogP contribution in [0.5, 0.6) is 0 Å². The first kappa shape index (κ1) is 17.1. The molecule has 0 saturated carbocycles. The van der Waals surface area contributed by atoms with E-state index in [1.54, 1.807) is 6.20 Å². The summed E-state index contributed by atoms with van der Waals surface area (Å²) in [5.74, 6) is 0.362. The van der Waals surface area contributed by atoms with E-state index in [2.05, 4.69) is 20.9 Å². The first-order valence-corrected chi connectivity index (χ1v) is 8.55. The summed E-state index contributed by atoms with van der Waals surface area (Å²) in [6.45, 7) is 1.07. The van der Waals surface area contributed by atoms with Crippen LogP contribution in [0.2, 0.25) is 0 Å². The molecule has 25 heavy (non-hydrogen) atoms. The molecule has 1 heterocycles. The zero-order valence-corrected chi connectivity index (χ0v) is 15.0. The van der Waals surface area contributed by atoms with Gasteiger partial charge in [-0.3, -0.25) is 10.1 Å². The molecule has 0 aliphatic heterocycles. The average Bonchev–Trinajstić information content (AvgIpc) is 2.63. The van der Waals surface area contributed by atoms with Gasteiger partial charge in [0, 0.05) is 29.8 Å². The fourth-order valence-electron chi connectivity index (χ4n) is 2.61. The summed E-state index contributed by atoms with van der Waals surface area (Å²) in [6, 6.07) is 21.2. The van der Waals surface area contributed by atoms with Gasteiger partial charge < -0.3 is 4.90 Å². The Morgan fingerprint density at radius 3 is 1.96 bits per heavy atom. The molecular formula is C19H16BrN3O2. The molecule has 0 radical (unpaired) electrons. The lowest BCUT2D eigenvalue weighted by atomic mass is 10.1. The predicted molar refractivity (Wildman–Crippen MR) is 101 cm³/mol. The molecule has 3 aromatic rings. The van der Waals surface area contributed by atoms with Gasteiger partial charge >= 0.3 is 5.69 Å². The fourth-order valence-corrected chi connectivity index (χ4v) is 2.93. The average molecular weight is 398 g/mol. The largest absolute Gasteiger partial charge is 0.342 e. The second kappa shape index (κ2) is 7.90. The van der Waals surface area contributed by atoms with Crippen molar-refractivity contribution in [2.75, 3.05) is 4.90 Å². The van der Waals surface area contributed by atoms with Crippen molar-refractivity contribution in [2.45, 2.75) is 13.1 Å². The molecule has 2 aromatic carbocycles. The van der Waals surface area contributed by atoms with Crippen LogP contribution in [0.1, 0.15) is 11.1 Å². The van der Waals surface area contributed by atoms with Gasteiger partial charge in [0.25, 0.3) is 0 Å². The van der Waals surface area contributed by atoms with Crippen LogP contribution in [0.4, 0.5) is 11.5 Å². The number of nitrogens with zero attached hydrogens (tertiary/aromatic N) is 3. The van der Waals surface area contributed by atoms with Gasteiger partial charge in [0.15, 0.2) is 0 Å². The van der Waals surface area contributed by atoms with Gasteiger partial charge in [-0.2, -0.15) is 0 Å². The lowest BCUT2D eigenvalue weighted by Crippen LogP contribution is -2.24. The van der Waals surface area contributed by atoms with Gasteiger partial charge in [-0.05, 0) is 27.1 Å². The topological polar surface area (TPSA) is 59.3 Å². The molecule has 6 heteroatoms. The van der Waals surface area contributed by atoms with Gasteiger partial charge in [-0.15, -0.1) is 0 Å². The van der Waals surface area contributed by atoms with Crippen molar-refractivity contribution in [1.29, 1.82) is 0 Å².